The summed E-state index contributed by atoms with van der Waals surface area (Å²) in [6, 6.07) is 0. The number of hydrogen-bond acceptors (Lipinski definition) is 1. The van der Waals surface area contributed by atoms with Crippen molar-refractivity contribution >= 4 is 11.8 Å². The van der Waals surface area contributed by atoms with E-state index in [1.807, 2.05) is 0 Å². The monoisotopic (exact) mass is 310 g/mol. The summed E-state index contributed by atoms with van der Waals surface area (Å²) in [6.45, 7) is 7.16. The molecule has 0 N–H and O–H groups in total. The van der Waals surface area contributed by atoms with Crippen LogP contribution < -0.4 is 0 Å². The Kier molecular flexibility index (Phi) is 7.46. The molecule has 1 heteroatoms. The van der Waals surface area contributed by atoms with Gasteiger partial charge in [-0.2, -0.15) is 11.8 Å². The molecule has 124 valence electrons. The van der Waals surface area contributed by atoms with Gasteiger partial charge in [-0.1, -0.05) is 59.3 Å². The molecule has 0 unspecified atom stereocenters. The number of hydrogen-bond donors (Lipinski definition) is 0. The molecule has 0 aromatic heterocycles. The molecule has 0 nitrogen and oxygen atoms in total. The fourth-order valence-electron chi connectivity index (χ4n) is 4.85. The molecule has 0 aromatic rings. The average molecular weight is 311 g/mol. The molecule has 0 radical (unpaired) electrons. The summed E-state index contributed by atoms with van der Waals surface area (Å²) in [6.07, 6.45) is 18.1. The summed E-state index contributed by atoms with van der Waals surface area (Å²) in [4.78, 5) is 0. The molecule has 0 amide bonds. The molecule has 0 bridgehead atoms. The predicted octanol–water partition coefficient (Wildman–Crippen LogP) is 7.08. The first-order chi connectivity index (χ1) is 10.2. The highest BCUT2D eigenvalue weighted by molar-refractivity contribution is 8.00. The second kappa shape index (κ2) is 8.85. The van der Waals surface area contributed by atoms with Crippen molar-refractivity contribution < 1.29 is 0 Å². The predicted molar refractivity (Wildman–Crippen MR) is 98.1 cm³/mol. The maximum absolute atomic E-state index is 2.52. The molecule has 2 fully saturated rings. The van der Waals surface area contributed by atoms with Crippen molar-refractivity contribution in [2.75, 3.05) is 5.75 Å². The number of thioether (sulfide) groups is 1. The molecule has 2 aliphatic rings. The van der Waals surface area contributed by atoms with Crippen molar-refractivity contribution in [2.45, 2.75) is 103 Å². The van der Waals surface area contributed by atoms with E-state index in [-0.39, 0.29) is 0 Å². The van der Waals surface area contributed by atoms with E-state index >= 15 is 0 Å². The molecule has 0 atom stereocenters. The summed E-state index contributed by atoms with van der Waals surface area (Å²) < 4.78 is 0.614. The van der Waals surface area contributed by atoms with Gasteiger partial charge in [0, 0.05) is 4.75 Å². The van der Waals surface area contributed by atoms with E-state index in [2.05, 4.69) is 32.5 Å². The van der Waals surface area contributed by atoms with Crippen molar-refractivity contribution in [3.05, 3.63) is 0 Å². The van der Waals surface area contributed by atoms with Gasteiger partial charge >= 0.3 is 0 Å². The van der Waals surface area contributed by atoms with E-state index in [1.54, 1.807) is 25.7 Å². The Labute approximate surface area is 138 Å². The average Bonchev–Trinajstić information content (AvgIpc) is 2.49. The largest absolute Gasteiger partial charge is 0.156 e. The van der Waals surface area contributed by atoms with E-state index in [0.29, 0.717) is 4.75 Å². The Balaban J connectivity index is 1.67. The molecule has 2 saturated carbocycles. The normalized spacial score (nSPS) is 37.6. The zero-order valence-corrected chi connectivity index (χ0v) is 15.6. The third-order valence-electron chi connectivity index (χ3n) is 6.35. The number of rotatable bonds is 7. The lowest BCUT2D eigenvalue weighted by atomic mass is 9.68. The minimum Gasteiger partial charge on any atom is -0.156 e. The highest BCUT2D eigenvalue weighted by Gasteiger charge is 2.35. The lowest BCUT2D eigenvalue weighted by Gasteiger charge is -2.41. The van der Waals surface area contributed by atoms with Crippen LogP contribution in [0.15, 0.2) is 0 Å². The molecule has 0 aromatic carbocycles. The Morgan fingerprint density at radius 3 is 2.05 bits per heavy atom. The molecule has 0 saturated heterocycles. The minimum absolute atomic E-state index is 0.614. The van der Waals surface area contributed by atoms with E-state index in [0.717, 1.165) is 17.8 Å². The summed E-state index contributed by atoms with van der Waals surface area (Å²) in [5.74, 6) is 4.54. The molecule has 2 aliphatic carbocycles. The lowest BCUT2D eigenvalue weighted by molar-refractivity contribution is 0.153. The van der Waals surface area contributed by atoms with Crippen LogP contribution in [0, 0.1) is 17.8 Å². The Morgan fingerprint density at radius 2 is 1.48 bits per heavy atom. The van der Waals surface area contributed by atoms with Gasteiger partial charge in [-0.3, -0.25) is 0 Å². The SMILES string of the molecule is CCCCCC1CCC(C2CCC(C)(SCC)CC2)CC1. The Morgan fingerprint density at radius 1 is 0.857 bits per heavy atom. The quantitative estimate of drug-likeness (QED) is 0.453. The maximum atomic E-state index is 2.52. The van der Waals surface area contributed by atoms with Gasteiger partial charge < -0.3 is 0 Å². The van der Waals surface area contributed by atoms with Crippen LogP contribution in [-0.4, -0.2) is 10.5 Å². The van der Waals surface area contributed by atoms with Gasteiger partial charge in [0.1, 0.15) is 0 Å². The van der Waals surface area contributed by atoms with Crippen LogP contribution in [-0.2, 0) is 0 Å². The van der Waals surface area contributed by atoms with Gasteiger partial charge in [0.25, 0.3) is 0 Å². The van der Waals surface area contributed by atoms with Crippen LogP contribution in [0.3, 0.4) is 0 Å². The number of unbranched alkanes of at least 4 members (excludes halogenated alkanes) is 2. The molecule has 21 heavy (non-hydrogen) atoms. The fraction of sp³-hybridized carbons (Fsp3) is 1.00. The Hall–Kier alpha value is 0.350. The van der Waals surface area contributed by atoms with Crippen LogP contribution in [0.25, 0.3) is 0 Å². The fourth-order valence-corrected chi connectivity index (χ4v) is 6.07. The van der Waals surface area contributed by atoms with Gasteiger partial charge in [0.2, 0.25) is 0 Å². The molecular weight excluding hydrogens is 272 g/mol. The van der Waals surface area contributed by atoms with Crippen LogP contribution in [0.1, 0.15) is 97.8 Å². The van der Waals surface area contributed by atoms with Crippen molar-refractivity contribution in [3.8, 4) is 0 Å². The van der Waals surface area contributed by atoms with Crippen LogP contribution >= 0.6 is 11.8 Å². The standard InChI is InChI=1S/C20H38S/c1-4-6-7-8-17-9-11-18(12-10-17)19-13-15-20(3,16-14-19)21-5-2/h17-19H,4-16H2,1-3H3. The summed E-state index contributed by atoms with van der Waals surface area (Å²) >= 11 is 2.21. The summed E-state index contributed by atoms with van der Waals surface area (Å²) in [7, 11) is 0. The molecule has 0 heterocycles. The first-order valence-corrected chi connectivity index (χ1v) is 10.8. The van der Waals surface area contributed by atoms with Gasteiger partial charge in [0.15, 0.2) is 0 Å². The van der Waals surface area contributed by atoms with Crippen molar-refractivity contribution in [1.82, 2.24) is 0 Å². The zero-order chi connectivity index (χ0) is 15.1. The minimum atomic E-state index is 0.614. The van der Waals surface area contributed by atoms with Gasteiger partial charge in [0.05, 0.1) is 0 Å². The van der Waals surface area contributed by atoms with Crippen LogP contribution in [0.2, 0.25) is 0 Å². The smallest absolute Gasteiger partial charge is 0.0132 e. The molecular formula is C20H38S. The van der Waals surface area contributed by atoms with Crippen LogP contribution in [0.5, 0.6) is 0 Å². The summed E-state index contributed by atoms with van der Waals surface area (Å²) in [5, 5.41) is 0. The Bertz CT molecular complexity index is 270. The highest BCUT2D eigenvalue weighted by Crippen LogP contribution is 2.47. The molecule has 0 aliphatic heterocycles. The van der Waals surface area contributed by atoms with E-state index in [9.17, 15) is 0 Å². The van der Waals surface area contributed by atoms with E-state index < -0.39 is 0 Å². The summed E-state index contributed by atoms with van der Waals surface area (Å²) in [5.41, 5.74) is 0. The second-order valence-corrected chi connectivity index (χ2v) is 9.85. The topological polar surface area (TPSA) is 0 Å². The molecule has 2 rings (SSSR count). The van der Waals surface area contributed by atoms with Gasteiger partial charge in [-0.05, 0) is 62.0 Å². The van der Waals surface area contributed by atoms with Gasteiger partial charge in [-0.25, -0.2) is 0 Å². The van der Waals surface area contributed by atoms with Crippen molar-refractivity contribution in [1.29, 1.82) is 0 Å². The lowest BCUT2D eigenvalue weighted by Crippen LogP contribution is -2.32. The molecule has 0 spiro atoms. The maximum Gasteiger partial charge on any atom is 0.0132 e. The van der Waals surface area contributed by atoms with Crippen molar-refractivity contribution in [3.63, 3.8) is 0 Å². The highest BCUT2D eigenvalue weighted by atomic mass is 32.2. The first-order valence-electron chi connectivity index (χ1n) is 9.81. The third-order valence-corrected chi connectivity index (χ3v) is 7.75. The van der Waals surface area contributed by atoms with Gasteiger partial charge in [-0.15, -0.1) is 0 Å². The van der Waals surface area contributed by atoms with E-state index in [4.69, 9.17) is 0 Å². The second-order valence-electron chi connectivity index (χ2n) is 8.00. The first kappa shape index (κ1) is 17.7. The third kappa shape index (κ3) is 5.48. The van der Waals surface area contributed by atoms with Crippen molar-refractivity contribution in [2.24, 2.45) is 17.8 Å². The zero-order valence-electron chi connectivity index (χ0n) is 14.8. The van der Waals surface area contributed by atoms with Crippen LogP contribution in [0.4, 0.5) is 0 Å². The van der Waals surface area contributed by atoms with E-state index in [1.165, 1.54) is 57.1 Å².